The molecule has 0 unspecified atom stereocenters. The fourth-order valence-electron chi connectivity index (χ4n) is 3.43. The molecule has 4 aromatic rings. The molecular formula is C25H22F2N4. The zero-order chi connectivity index (χ0) is 22.2. The highest BCUT2D eigenvalue weighted by molar-refractivity contribution is 5.61. The Balaban J connectivity index is 1.75. The van der Waals surface area contributed by atoms with Gasteiger partial charge in [-0.15, -0.1) is 0 Å². The maximum absolute atomic E-state index is 14.4. The van der Waals surface area contributed by atoms with Crippen LogP contribution in [0.4, 0.5) is 8.78 Å². The Morgan fingerprint density at radius 3 is 1.39 bits per heavy atom. The van der Waals surface area contributed by atoms with Crippen molar-refractivity contribution < 1.29 is 8.78 Å². The van der Waals surface area contributed by atoms with Crippen molar-refractivity contribution in [1.29, 1.82) is 0 Å². The Morgan fingerprint density at radius 2 is 1.00 bits per heavy atom. The summed E-state index contributed by atoms with van der Waals surface area (Å²) in [4.78, 5) is 17.2. The number of hydrogen-bond donors (Lipinski definition) is 0. The van der Waals surface area contributed by atoms with E-state index in [2.05, 4.69) is 9.97 Å². The van der Waals surface area contributed by atoms with Crippen LogP contribution in [0.1, 0.15) is 36.6 Å². The molecule has 0 saturated heterocycles. The predicted octanol–water partition coefficient (Wildman–Crippen LogP) is 5.82. The summed E-state index contributed by atoms with van der Waals surface area (Å²) in [6.45, 7) is 7.45. The van der Waals surface area contributed by atoms with Crippen LogP contribution in [0, 0.1) is 25.7 Å². The molecule has 0 aromatic carbocycles. The molecule has 156 valence electrons. The van der Waals surface area contributed by atoms with E-state index >= 15 is 0 Å². The zero-order valence-corrected chi connectivity index (χ0v) is 17.8. The fraction of sp³-hybridized carbons (Fsp3) is 0.200. The summed E-state index contributed by atoms with van der Waals surface area (Å²) >= 11 is 0. The molecule has 4 aromatic heterocycles. The van der Waals surface area contributed by atoms with Crippen molar-refractivity contribution in [3.05, 3.63) is 95.3 Å². The van der Waals surface area contributed by atoms with Crippen LogP contribution < -0.4 is 0 Å². The predicted molar refractivity (Wildman–Crippen MR) is 116 cm³/mol. The number of aromatic nitrogens is 4. The summed E-state index contributed by atoms with van der Waals surface area (Å²) in [5, 5.41) is 0. The van der Waals surface area contributed by atoms with Crippen LogP contribution in [0.25, 0.3) is 22.5 Å². The number of rotatable bonds is 4. The van der Waals surface area contributed by atoms with Gasteiger partial charge in [-0.25, -0.2) is 9.97 Å². The molecule has 0 aliphatic rings. The van der Waals surface area contributed by atoms with Gasteiger partial charge in [0, 0.05) is 16.8 Å². The highest BCUT2D eigenvalue weighted by Crippen LogP contribution is 2.32. The molecular weight excluding hydrogens is 394 g/mol. The second-order valence-corrected chi connectivity index (χ2v) is 8.02. The van der Waals surface area contributed by atoms with Gasteiger partial charge in [-0.05, 0) is 76.2 Å². The Labute approximate surface area is 180 Å². The van der Waals surface area contributed by atoms with E-state index in [1.54, 1.807) is 50.2 Å². The summed E-state index contributed by atoms with van der Waals surface area (Å²) in [7, 11) is 0. The summed E-state index contributed by atoms with van der Waals surface area (Å²) < 4.78 is 28.8. The number of nitrogens with zero attached hydrogens (tertiary/aromatic N) is 4. The number of pyridine rings is 4. The molecule has 0 aliphatic carbocycles. The first-order chi connectivity index (χ1) is 14.8. The van der Waals surface area contributed by atoms with Crippen molar-refractivity contribution in [2.75, 3.05) is 0 Å². The third-order valence-electron chi connectivity index (χ3n) is 5.31. The van der Waals surface area contributed by atoms with Gasteiger partial charge >= 0.3 is 0 Å². The van der Waals surface area contributed by atoms with Crippen LogP contribution >= 0.6 is 0 Å². The van der Waals surface area contributed by atoms with Gasteiger partial charge in [0.25, 0.3) is 0 Å². The molecule has 4 nitrogen and oxygen atoms in total. The number of halogens is 2. The van der Waals surface area contributed by atoms with Crippen LogP contribution in [0.15, 0.2) is 60.7 Å². The van der Waals surface area contributed by atoms with Gasteiger partial charge in [0.15, 0.2) is 0 Å². The minimum atomic E-state index is -0.602. The van der Waals surface area contributed by atoms with Gasteiger partial charge in [-0.3, -0.25) is 9.97 Å². The Kier molecular flexibility index (Phi) is 5.31. The van der Waals surface area contributed by atoms with E-state index in [-0.39, 0.29) is 0 Å². The Bertz CT molecular complexity index is 1170. The third-order valence-corrected chi connectivity index (χ3v) is 5.31. The molecule has 0 atom stereocenters. The van der Waals surface area contributed by atoms with E-state index in [1.165, 1.54) is 0 Å². The average molecular weight is 416 g/mol. The maximum atomic E-state index is 14.4. The quantitative estimate of drug-likeness (QED) is 0.393. The highest BCUT2D eigenvalue weighted by atomic mass is 19.1. The smallest absolute Gasteiger partial charge is 0.222 e. The lowest BCUT2D eigenvalue weighted by atomic mass is 9.84. The molecule has 0 bridgehead atoms. The molecule has 0 amide bonds. The van der Waals surface area contributed by atoms with E-state index in [9.17, 15) is 8.78 Å². The van der Waals surface area contributed by atoms with Crippen molar-refractivity contribution in [3.63, 3.8) is 0 Å². The van der Waals surface area contributed by atoms with Gasteiger partial charge < -0.3 is 0 Å². The lowest BCUT2D eigenvalue weighted by molar-refractivity contribution is 0.578. The van der Waals surface area contributed by atoms with Crippen molar-refractivity contribution in [2.24, 2.45) is 0 Å². The Morgan fingerprint density at radius 1 is 0.581 bits per heavy atom. The number of hydrogen-bond acceptors (Lipinski definition) is 4. The topological polar surface area (TPSA) is 51.6 Å². The first-order valence-corrected chi connectivity index (χ1v) is 9.98. The van der Waals surface area contributed by atoms with Crippen LogP contribution in [-0.2, 0) is 5.41 Å². The molecule has 31 heavy (non-hydrogen) atoms. The molecule has 0 aliphatic heterocycles. The summed E-state index contributed by atoms with van der Waals surface area (Å²) in [5.41, 5.74) is 3.74. The van der Waals surface area contributed by atoms with Gasteiger partial charge in [0.2, 0.25) is 11.9 Å². The van der Waals surface area contributed by atoms with Crippen LogP contribution in [0.5, 0.6) is 0 Å². The monoisotopic (exact) mass is 416 g/mol. The minimum absolute atomic E-state index is 0.345. The zero-order valence-electron chi connectivity index (χ0n) is 17.8. The first-order valence-electron chi connectivity index (χ1n) is 9.98. The fourth-order valence-corrected chi connectivity index (χ4v) is 3.43. The first kappa shape index (κ1) is 20.7. The van der Waals surface area contributed by atoms with Crippen LogP contribution in [0.3, 0.4) is 0 Å². The molecule has 0 radical (unpaired) electrons. The molecule has 0 N–H and O–H groups in total. The summed E-state index contributed by atoms with van der Waals surface area (Å²) in [5.74, 6) is -1.10. The molecule has 0 fully saturated rings. The van der Waals surface area contributed by atoms with Crippen molar-refractivity contribution in [3.8, 4) is 22.5 Å². The number of aryl methyl sites for hydroxylation is 2. The molecule has 0 spiro atoms. The van der Waals surface area contributed by atoms with E-state index in [0.29, 0.717) is 33.9 Å². The summed E-state index contributed by atoms with van der Waals surface area (Å²) in [6.07, 6.45) is 0. The van der Waals surface area contributed by atoms with Crippen molar-refractivity contribution in [1.82, 2.24) is 19.9 Å². The maximum Gasteiger partial charge on any atom is 0.222 e. The van der Waals surface area contributed by atoms with Crippen molar-refractivity contribution in [2.45, 2.75) is 33.1 Å². The standard InChI is InChI=1S/C25H22F2N4/c1-15-11-13-17(23(26)28-15)19-7-5-9-21(30-19)25(3,4)22-10-6-8-20(31-22)18-14-12-16(2)29-24(18)27/h5-14H,1-4H3. The summed E-state index contributed by atoms with van der Waals surface area (Å²) in [6, 6.07) is 17.8. The molecule has 4 heterocycles. The van der Waals surface area contributed by atoms with Gasteiger partial charge in [0.05, 0.1) is 33.9 Å². The van der Waals surface area contributed by atoms with Crippen LogP contribution in [-0.4, -0.2) is 19.9 Å². The van der Waals surface area contributed by atoms with E-state index in [1.807, 2.05) is 38.1 Å². The molecule has 4 rings (SSSR count). The SMILES string of the molecule is Cc1ccc(-c2cccc(C(C)(C)c3cccc(-c4ccc(C)nc4F)n3)n2)c(F)n1. The van der Waals surface area contributed by atoms with Gasteiger partial charge in [-0.1, -0.05) is 12.1 Å². The van der Waals surface area contributed by atoms with E-state index in [4.69, 9.17) is 9.97 Å². The van der Waals surface area contributed by atoms with Crippen molar-refractivity contribution >= 4 is 0 Å². The van der Waals surface area contributed by atoms with Gasteiger partial charge in [-0.2, -0.15) is 8.78 Å². The third kappa shape index (κ3) is 4.06. The second kappa shape index (κ2) is 7.95. The molecule has 0 saturated carbocycles. The lowest BCUT2D eigenvalue weighted by Crippen LogP contribution is -2.22. The normalized spacial score (nSPS) is 11.5. The lowest BCUT2D eigenvalue weighted by Gasteiger charge is -2.25. The van der Waals surface area contributed by atoms with E-state index < -0.39 is 17.3 Å². The Hall–Kier alpha value is -3.54. The second-order valence-electron chi connectivity index (χ2n) is 8.02. The highest BCUT2D eigenvalue weighted by Gasteiger charge is 2.27. The molecule has 6 heteroatoms. The van der Waals surface area contributed by atoms with Crippen LogP contribution in [0.2, 0.25) is 0 Å². The minimum Gasteiger partial charge on any atom is -0.252 e. The average Bonchev–Trinajstić information content (AvgIpc) is 2.74. The largest absolute Gasteiger partial charge is 0.252 e. The van der Waals surface area contributed by atoms with E-state index in [0.717, 1.165) is 11.4 Å². The van der Waals surface area contributed by atoms with Gasteiger partial charge in [0.1, 0.15) is 0 Å².